The van der Waals surface area contributed by atoms with Gasteiger partial charge in [-0.3, -0.25) is 0 Å². The second kappa shape index (κ2) is 2.89. The molecule has 1 atom stereocenters. The molecule has 0 aromatic rings. The lowest BCUT2D eigenvalue weighted by Gasteiger charge is -2.40. The zero-order valence-electron chi connectivity index (χ0n) is 8.48. The minimum absolute atomic E-state index is 0.139. The molecule has 1 unspecified atom stereocenters. The molecule has 1 aliphatic rings. The van der Waals surface area contributed by atoms with Gasteiger partial charge >= 0.3 is 0 Å². The molecular weight excluding hydrogens is 182 g/mol. The van der Waals surface area contributed by atoms with Crippen LogP contribution in [0.25, 0.3) is 0 Å². The maximum Gasteiger partial charge on any atom is 0.0830 e. The molecule has 1 aliphatic carbocycles. The Balaban J connectivity index is 3.30. The van der Waals surface area contributed by atoms with Gasteiger partial charge in [0.15, 0.2) is 0 Å². The van der Waals surface area contributed by atoms with Gasteiger partial charge in [0.1, 0.15) is 0 Å². The zero-order chi connectivity index (χ0) is 10.3. The number of allylic oxidation sites excluding steroid dienone is 4. The van der Waals surface area contributed by atoms with Gasteiger partial charge in [-0.25, -0.2) is 0 Å². The third kappa shape index (κ3) is 1.40. The monoisotopic (exact) mass is 195 g/mol. The standard InChI is InChI=1S/C11H14ClN/c1-8-5-9(12)6-11(4,7-13)10(8,2)3/h5-6H,1-4H3. The van der Waals surface area contributed by atoms with Crippen LogP contribution in [-0.4, -0.2) is 0 Å². The Kier molecular flexibility index (Phi) is 2.30. The van der Waals surface area contributed by atoms with Crippen molar-refractivity contribution in [3.05, 3.63) is 22.8 Å². The molecule has 0 aromatic carbocycles. The van der Waals surface area contributed by atoms with E-state index in [4.69, 9.17) is 16.9 Å². The summed E-state index contributed by atoms with van der Waals surface area (Å²) in [5.41, 5.74) is 0.521. The van der Waals surface area contributed by atoms with Crippen molar-refractivity contribution in [1.29, 1.82) is 5.26 Å². The van der Waals surface area contributed by atoms with Gasteiger partial charge in [0.2, 0.25) is 0 Å². The average molecular weight is 196 g/mol. The average Bonchev–Trinajstić information content (AvgIpc) is 2.01. The van der Waals surface area contributed by atoms with Gasteiger partial charge in [0.25, 0.3) is 0 Å². The lowest BCUT2D eigenvalue weighted by atomic mass is 9.62. The minimum Gasteiger partial charge on any atom is -0.197 e. The van der Waals surface area contributed by atoms with E-state index in [9.17, 15) is 0 Å². The first kappa shape index (κ1) is 10.3. The first-order valence-corrected chi connectivity index (χ1v) is 4.70. The van der Waals surface area contributed by atoms with Crippen molar-refractivity contribution in [3.63, 3.8) is 0 Å². The highest BCUT2D eigenvalue weighted by Crippen LogP contribution is 2.49. The van der Waals surface area contributed by atoms with E-state index in [-0.39, 0.29) is 5.41 Å². The van der Waals surface area contributed by atoms with Crippen molar-refractivity contribution in [2.45, 2.75) is 27.7 Å². The molecule has 0 aromatic heterocycles. The fourth-order valence-corrected chi connectivity index (χ4v) is 1.85. The van der Waals surface area contributed by atoms with Crippen LogP contribution in [0.15, 0.2) is 22.8 Å². The van der Waals surface area contributed by atoms with Gasteiger partial charge in [-0.2, -0.15) is 5.26 Å². The summed E-state index contributed by atoms with van der Waals surface area (Å²) < 4.78 is 0. The Morgan fingerprint density at radius 3 is 2.38 bits per heavy atom. The van der Waals surface area contributed by atoms with Crippen LogP contribution < -0.4 is 0 Å². The van der Waals surface area contributed by atoms with Crippen LogP contribution in [0.4, 0.5) is 0 Å². The number of halogens is 1. The topological polar surface area (TPSA) is 23.8 Å². The minimum atomic E-state index is -0.497. The zero-order valence-corrected chi connectivity index (χ0v) is 9.24. The molecule has 0 amide bonds. The fraction of sp³-hybridized carbons (Fsp3) is 0.545. The molecule has 0 spiro atoms. The molecule has 0 heterocycles. The summed E-state index contributed by atoms with van der Waals surface area (Å²) in [7, 11) is 0. The van der Waals surface area contributed by atoms with E-state index in [1.807, 2.05) is 26.0 Å². The van der Waals surface area contributed by atoms with E-state index in [0.29, 0.717) is 5.03 Å². The molecule has 0 N–H and O–H groups in total. The molecule has 0 bridgehead atoms. The molecule has 2 heteroatoms. The Bertz CT molecular complexity index is 330. The third-order valence-corrected chi connectivity index (χ3v) is 3.52. The van der Waals surface area contributed by atoms with E-state index >= 15 is 0 Å². The summed E-state index contributed by atoms with van der Waals surface area (Å²) in [4.78, 5) is 0. The summed E-state index contributed by atoms with van der Waals surface area (Å²) in [6.07, 6.45) is 3.77. The van der Waals surface area contributed by atoms with Crippen LogP contribution in [0, 0.1) is 22.2 Å². The molecule has 0 aliphatic heterocycles. The van der Waals surface area contributed by atoms with Crippen molar-refractivity contribution < 1.29 is 0 Å². The molecule has 1 rings (SSSR count). The highest BCUT2D eigenvalue weighted by atomic mass is 35.5. The maximum absolute atomic E-state index is 9.14. The molecular formula is C11H14ClN. The predicted octanol–water partition coefficient (Wildman–Crippen LogP) is 3.63. The van der Waals surface area contributed by atoms with Gasteiger partial charge in [-0.1, -0.05) is 31.0 Å². The third-order valence-electron chi connectivity index (χ3n) is 3.30. The number of rotatable bonds is 0. The van der Waals surface area contributed by atoms with Crippen LogP contribution >= 0.6 is 11.6 Å². The Hall–Kier alpha value is -0.740. The molecule has 0 radical (unpaired) electrons. The van der Waals surface area contributed by atoms with E-state index in [1.165, 1.54) is 0 Å². The van der Waals surface area contributed by atoms with Crippen LogP contribution in [0.2, 0.25) is 0 Å². The van der Waals surface area contributed by atoms with Crippen molar-refractivity contribution >= 4 is 11.6 Å². The smallest absolute Gasteiger partial charge is 0.0830 e. The second-order valence-electron chi connectivity index (χ2n) is 4.30. The number of nitriles is 1. The molecule has 0 saturated heterocycles. The van der Waals surface area contributed by atoms with Gasteiger partial charge < -0.3 is 0 Å². The van der Waals surface area contributed by atoms with Gasteiger partial charge in [0, 0.05) is 10.4 Å². The second-order valence-corrected chi connectivity index (χ2v) is 4.73. The van der Waals surface area contributed by atoms with Gasteiger partial charge in [0.05, 0.1) is 11.5 Å². The lowest BCUT2D eigenvalue weighted by molar-refractivity contribution is 0.256. The molecule has 13 heavy (non-hydrogen) atoms. The van der Waals surface area contributed by atoms with Crippen molar-refractivity contribution in [2.24, 2.45) is 10.8 Å². The Morgan fingerprint density at radius 2 is 1.92 bits per heavy atom. The largest absolute Gasteiger partial charge is 0.197 e. The number of nitrogens with zero attached hydrogens (tertiary/aromatic N) is 1. The Morgan fingerprint density at radius 1 is 1.38 bits per heavy atom. The van der Waals surface area contributed by atoms with Crippen molar-refractivity contribution in [1.82, 2.24) is 0 Å². The van der Waals surface area contributed by atoms with E-state index in [2.05, 4.69) is 19.9 Å². The van der Waals surface area contributed by atoms with Gasteiger partial charge in [-0.15, -0.1) is 0 Å². The first-order valence-electron chi connectivity index (χ1n) is 4.32. The Labute approximate surface area is 84.7 Å². The molecule has 0 fully saturated rings. The van der Waals surface area contributed by atoms with Gasteiger partial charge in [-0.05, 0) is 26.0 Å². The summed E-state index contributed by atoms with van der Waals surface area (Å²) in [6, 6.07) is 2.33. The van der Waals surface area contributed by atoms with Crippen LogP contribution in [0.5, 0.6) is 0 Å². The number of hydrogen-bond acceptors (Lipinski definition) is 1. The van der Waals surface area contributed by atoms with Crippen LogP contribution in [0.1, 0.15) is 27.7 Å². The lowest BCUT2D eigenvalue weighted by Crippen LogP contribution is -2.35. The van der Waals surface area contributed by atoms with Crippen LogP contribution in [0.3, 0.4) is 0 Å². The SMILES string of the molecule is CC1=CC(Cl)=CC(C)(C#N)C1(C)C. The first-order chi connectivity index (χ1) is 5.83. The molecule has 0 saturated carbocycles. The molecule has 1 nitrogen and oxygen atoms in total. The van der Waals surface area contributed by atoms with E-state index in [0.717, 1.165) is 5.57 Å². The normalized spacial score (nSPS) is 31.7. The summed E-state index contributed by atoms with van der Waals surface area (Å²) in [5, 5.41) is 9.81. The summed E-state index contributed by atoms with van der Waals surface area (Å²) >= 11 is 5.94. The van der Waals surface area contributed by atoms with E-state index < -0.39 is 5.41 Å². The van der Waals surface area contributed by atoms with Crippen LogP contribution in [-0.2, 0) is 0 Å². The van der Waals surface area contributed by atoms with Crippen molar-refractivity contribution in [2.75, 3.05) is 0 Å². The van der Waals surface area contributed by atoms with Crippen molar-refractivity contribution in [3.8, 4) is 6.07 Å². The quantitative estimate of drug-likeness (QED) is 0.579. The number of hydrogen-bond donors (Lipinski definition) is 0. The summed E-state index contributed by atoms with van der Waals surface area (Å²) in [6.45, 7) is 8.08. The molecule has 70 valence electrons. The predicted molar refractivity (Wildman–Crippen MR) is 55.2 cm³/mol. The van der Waals surface area contributed by atoms with E-state index in [1.54, 1.807) is 0 Å². The maximum atomic E-state index is 9.14. The fourth-order valence-electron chi connectivity index (χ4n) is 1.47. The highest BCUT2D eigenvalue weighted by Gasteiger charge is 2.43. The highest BCUT2D eigenvalue weighted by molar-refractivity contribution is 6.31. The summed E-state index contributed by atoms with van der Waals surface area (Å²) in [5.74, 6) is 0.